The summed E-state index contributed by atoms with van der Waals surface area (Å²) in [6.07, 6.45) is -3.60. The number of thiophene rings is 1. The lowest BCUT2D eigenvalue weighted by Crippen LogP contribution is -2.30. The lowest BCUT2D eigenvalue weighted by Gasteiger charge is -2.20. The summed E-state index contributed by atoms with van der Waals surface area (Å²) in [5.41, 5.74) is 0.180. The van der Waals surface area contributed by atoms with Crippen molar-refractivity contribution in [1.82, 2.24) is 10.3 Å². The summed E-state index contributed by atoms with van der Waals surface area (Å²) in [7, 11) is 0. The van der Waals surface area contributed by atoms with Gasteiger partial charge in [0.05, 0.1) is 22.3 Å². The first-order valence-electron chi connectivity index (χ1n) is 8.06. The van der Waals surface area contributed by atoms with Crippen LogP contribution in [0.2, 0.25) is 5.02 Å². The first-order valence-corrected chi connectivity index (χ1v) is 10.4. The maximum absolute atomic E-state index is 12.8. The smallest absolute Gasteiger partial charge is 0.344 e. The summed E-state index contributed by atoms with van der Waals surface area (Å²) in [5, 5.41) is 4.68. The van der Waals surface area contributed by atoms with Crippen LogP contribution < -0.4 is 5.32 Å². The molecule has 1 aromatic carbocycles. The highest BCUT2D eigenvalue weighted by Crippen LogP contribution is 2.32. The standard InChI is InChI=1S/C19H13ClF3IN2OS/c20-13-8-12(19(21,22)23)10-25-16(13)9-15(11-4-2-1-3-5-11)26-18(27)17-14(24)6-7-28-17/h1-8,10,15H,9H2,(H,26,27). The summed E-state index contributed by atoms with van der Waals surface area (Å²) in [5.74, 6) is -0.253. The van der Waals surface area contributed by atoms with Gasteiger partial charge in [-0.3, -0.25) is 9.78 Å². The predicted molar refractivity (Wildman–Crippen MR) is 112 cm³/mol. The van der Waals surface area contributed by atoms with Gasteiger partial charge < -0.3 is 5.32 Å². The number of alkyl halides is 3. The van der Waals surface area contributed by atoms with Crippen LogP contribution in [0.4, 0.5) is 13.2 Å². The lowest BCUT2D eigenvalue weighted by atomic mass is 10.0. The normalized spacial score (nSPS) is 12.6. The van der Waals surface area contributed by atoms with Gasteiger partial charge in [0, 0.05) is 16.2 Å². The third kappa shape index (κ3) is 5.03. The molecule has 0 fully saturated rings. The van der Waals surface area contributed by atoms with Crippen molar-refractivity contribution in [2.24, 2.45) is 0 Å². The Kier molecular flexibility index (Phi) is 6.61. The number of nitrogens with one attached hydrogen (secondary N) is 1. The van der Waals surface area contributed by atoms with Gasteiger partial charge in [-0.2, -0.15) is 13.2 Å². The Balaban J connectivity index is 1.88. The molecule has 0 radical (unpaired) electrons. The fourth-order valence-corrected chi connectivity index (χ4v) is 4.56. The number of halogens is 5. The number of rotatable bonds is 5. The molecule has 1 N–H and O–H groups in total. The molecule has 0 spiro atoms. The van der Waals surface area contributed by atoms with Crippen LogP contribution in [0.3, 0.4) is 0 Å². The molecule has 2 heterocycles. The minimum Gasteiger partial charge on any atom is -0.344 e. The fourth-order valence-electron chi connectivity index (χ4n) is 2.58. The topological polar surface area (TPSA) is 42.0 Å². The molecule has 0 aliphatic heterocycles. The molecule has 1 atom stereocenters. The zero-order chi connectivity index (χ0) is 20.3. The molecule has 3 aromatic rings. The average molecular weight is 537 g/mol. The van der Waals surface area contributed by atoms with E-state index in [1.807, 2.05) is 41.8 Å². The number of amides is 1. The summed E-state index contributed by atoms with van der Waals surface area (Å²) in [4.78, 5) is 17.1. The minimum atomic E-state index is -4.52. The Morgan fingerprint density at radius 2 is 1.96 bits per heavy atom. The van der Waals surface area contributed by atoms with Gasteiger partial charge in [0.25, 0.3) is 5.91 Å². The van der Waals surface area contributed by atoms with Gasteiger partial charge in [0.1, 0.15) is 4.88 Å². The maximum Gasteiger partial charge on any atom is 0.417 e. The number of carbonyl (C=O) groups is 1. The van der Waals surface area contributed by atoms with Crippen molar-refractivity contribution in [2.45, 2.75) is 18.6 Å². The van der Waals surface area contributed by atoms with E-state index >= 15 is 0 Å². The third-order valence-corrected chi connectivity index (χ3v) is 6.48. The first-order chi connectivity index (χ1) is 13.3. The van der Waals surface area contributed by atoms with Crippen molar-refractivity contribution in [3.8, 4) is 0 Å². The molecule has 2 aromatic heterocycles. The Morgan fingerprint density at radius 1 is 1.25 bits per heavy atom. The molecule has 0 saturated heterocycles. The van der Waals surface area contributed by atoms with Crippen LogP contribution in [0.5, 0.6) is 0 Å². The van der Waals surface area contributed by atoms with Crippen molar-refractivity contribution in [3.05, 3.63) is 84.3 Å². The maximum atomic E-state index is 12.8. The molecule has 3 nitrogen and oxygen atoms in total. The van der Waals surface area contributed by atoms with Gasteiger partial charge in [-0.15, -0.1) is 11.3 Å². The first kappa shape index (κ1) is 21.1. The van der Waals surface area contributed by atoms with E-state index in [1.165, 1.54) is 11.3 Å². The van der Waals surface area contributed by atoms with E-state index in [-0.39, 0.29) is 23.0 Å². The number of benzene rings is 1. The van der Waals surface area contributed by atoms with Gasteiger partial charge in [0.2, 0.25) is 0 Å². The number of hydrogen-bond acceptors (Lipinski definition) is 3. The van der Waals surface area contributed by atoms with Gasteiger partial charge in [-0.25, -0.2) is 0 Å². The van der Waals surface area contributed by atoms with Crippen molar-refractivity contribution >= 4 is 51.4 Å². The van der Waals surface area contributed by atoms with E-state index in [1.54, 1.807) is 0 Å². The third-order valence-electron chi connectivity index (χ3n) is 3.97. The van der Waals surface area contributed by atoms with Crippen LogP contribution in [-0.2, 0) is 12.6 Å². The molecule has 3 rings (SSSR count). The molecule has 146 valence electrons. The van der Waals surface area contributed by atoms with E-state index in [2.05, 4.69) is 32.9 Å². The summed E-state index contributed by atoms with van der Waals surface area (Å²) in [6, 6.07) is 11.4. The van der Waals surface area contributed by atoms with Gasteiger partial charge in [-0.05, 0) is 45.7 Å². The van der Waals surface area contributed by atoms with E-state index in [0.29, 0.717) is 4.88 Å². The van der Waals surface area contributed by atoms with E-state index in [0.717, 1.165) is 21.4 Å². The molecule has 9 heteroatoms. The van der Waals surface area contributed by atoms with E-state index in [9.17, 15) is 18.0 Å². The van der Waals surface area contributed by atoms with Crippen molar-refractivity contribution < 1.29 is 18.0 Å². The predicted octanol–water partition coefficient (Wildman–Crippen LogP) is 6.13. The Hall–Kier alpha value is -1.65. The van der Waals surface area contributed by atoms with Crippen molar-refractivity contribution in [1.29, 1.82) is 0 Å². The molecule has 1 amide bonds. The van der Waals surface area contributed by atoms with Crippen LogP contribution in [0, 0.1) is 3.57 Å². The molecule has 0 aliphatic rings. The molecule has 1 unspecified atom stereocenters. The molecule has 0 saturated carbocycles. The van der Waals surface area contributed by atoms with E-state index < -0.39 is 17.8 Å². The second kappa shape index (κ2) is 8.79. The highest BCUT2D eigenvalue weighted by molar-refractivity contribution is 14.1. The summed E-state index contributed by atoms with van der Waals surface area (Å²) in [6.45, 7) is 0. The Labute approximate surface area is 182 Å². The zero-order valence-electron chi connectivity index (χ0n) is 14.1. The highest BCUT2D eigenvalue weighted by atomic mass is 127. The van der Waals surface area contributed by atoms with Gasteiger partial charge >= 0.3 is 6.18 Å². The number of pyridine rings is 1. The van der Waals surface area contributed by atoms with E-state index in [4.69, 9.17) is 11.6 Å². The van der Waals surface area contributed by atoms with Crippen molar-refractivity contribution in [2.75, 3.05) is 0 Å². The summed E-state index contributed by atoms with van der Waals surface area (Å²) < 4.78 is 39.3. The quantitative estimate of drug-likeness (QED) is 0.399. The minimum absolute atomic E-state index is 0.0873. The SMILES string of the molecule is O=C(NC(Cc1ncc(C(F)(F)F)cc1Cl)c1ccccc1)c1sccc1I. The largest absolute Gasteiger partial charge is 0.417 e. The van der Waals surface area contributed by atoms with Gasteiger partial charge in [0.15, 0.2) is 0 Å². The van der Waals surface area contributed by atoms with Crippen LogP contribution in [-0.4, -0.2) is 10.9 Å². The molecular weight excluding hydrogens is 524 g/mol. The zero-order valence-corrected chi connectivity index (χ0v) is 17.9. The summed E-state index contributed by atoms with van der Waals surface area (Å²) >= 11 is 9.46. The van der Waals surface area contributed by atoms with Crippen LogP contribution in [0.25, 0.3) is 0 Å². The second-order valence-corrected chi connectivity index (χ2v) is 8.37. The second-order valence-electron chi connectivity index (χ2n) is 5.89. The molecule has 0 aliphatic carbocycles. The van der Waals surface area contributed by atoms with Crippen LogP contribution >= 0.6 is 45.5 Å². The molecular formula is C19H13ClF3IN2OS. The Morgan fingerprint density at radius 3 is 2.54 bits per heavy atom. The molecule has 0 bridgehead atoms. The molecule has 28 heavy (non-hydrogen) atoms. The van der Waals surface area contributed by atoms with Crippen LogP contribution in [0.1, 0.15) is 32.5 Å². The number of carbonyl (C=O) groups excluding carboxylic acids is 1. The fraction of sp³-hybridized carbons (Fsp3) is 0.158. The Bertz CT molecular complexity index is 979. The van der Waals surface area contributed by atoms with Crippen molar-refractivity contribution in [3.63, 3.8) is 0 Å². The average Bonchev–Trinajstić information content (AvgIpc) is 3.08. The van der Waals surface area contributed by atoms with Gasteiger partial charge in [-0.1, -0.05) is 41.9 Å². The number of hydrogen-bond donors (Lipinski definition) is 1. The van der Waals surface area contributed by atoms with Crippen LogP contribution in [0.15, 0.2) is 54.0 Å². The highest BCUT2D eigenvalue weighted by Gasteiger charge is 2.32. The monoisotopic (exact) mass is 536 g/mol. The lowest BCUT2D eigenvalue weighted by molar-refractivity contribution is -0.137. The number of aromatic nitrogens is 1. The number of nitrogens with zero attached hydrogens (tertiary/aromatic N) is 1.